The van der Waals surface area contributed by atoms with Crippen LogP contribution in [0.15, 0.2) is 0 Å². The van der Waals surface area contributed by atoms with Gasteiger partial charge in [-0.15, -0.1) is 0 Å². The van der Waals surface area contributed by atoms with Gasteiger partial charge in [0.05, 0.1) is 0 Å². The summed E-state index contributed by atoms with van der Waals surface area (Å²) in [7, 11) is 4.24. The molecule has 1 aliphatic rings. The van der Waals surface area contributed by atoms with Crippen molar-refractivity contribution < 1.29 is 5.11 Å². The molecule has 3 heteroatoms. The Balaban J connectivity index is 2.42. The monoisotopic (exact) mass is 214 g/mol. The lowest BCUT2D eigenvalue weighted by atomic mass is 9.95. The second-order valence-electron chi connectivity index (χ2n) is 5.64. The van der Waals surface area contributed by atoms with Crippen molar-refractivity contribution in [1.82, 2.24) is 9.80 Å². The highest BCUT2D eigenvalue weighted by molar-refractivity contribution is 4.92. The van der Waals surface area contributed by atoms with E-state index in [0.29, 0.717) is 18.1 Å². The summed E-state index contributed by atoms with van der Waals surface area (Å²) in [6.45, 7) is 8.39. The smallest absolute Gasteiger partial charge is 0.0434 e. The van der Waals surface area contributed by atoms with Gasteiger partial charge in [-0.1, -0.05) is 0 Å². The van der Waals surface area contributed by atoms with Crippen LogP contribution in [0.5, 0.6) is 0 Å². The first-order valence-electron chi connectivity index (χ1n) is 5.96. The van der Waals surface area contributed by atoms with Gasteiger partial charge in [-0.05, 0) is 46.7 Å². The zero-order valence-electron chi connectivity index (χ0n) is 10.7. The van der Waals surface area contributed by atoms with Gasteiger partial charge in [0.2, 0.25) is 0 Å². The fourth-order valence-electron chi connectivity index (χ4n) is 2.55. The molecule has 0 aliphatic carbocycles. The Morgan fingerprint density at radius 2 is 2.07 bits per heavy atom. The SMILES string of the molecule is CN(C)CCN1CC(CCO)CC1(C)C. The van der Waals surface area contributed by atoms with Crippen LogP contribution in [0.25, 0.3) is 0 Å². The normalized spacial score (nSPS) is 26.4. The van der Waals surface area contributed by atoms with Gasteiger partial charge in [-0.25, -0.2) is 0 Å². The van der Waals surface area contributed by atoms with Crippen LogP contribution in [0.2, 0.25) is 0 Å². The molecule has 0 radical (unpaired) electrons. The minimum Gasteiger partial charge on any atom is -0.396 e. The van der Waals surface area contributed by atoms with E-state index in [2.05, 4.69) is 37.7 Å². The molecule has 0 aromatic heterocycles. The van der Waals surface area contributed by atoms with Gasteiger partial charge < -0.3 is 10.0 Å². The molecule has 0 aromatic carbocycles. The average molecular weight is 214 g/mol. The van der Waals surface area contributed by atoms with E-state index in [0.717, 1.165) is 26.1 Å². The maximum atomic E-state index is 8.97. The topological polar surface area (TPSA) is 26.7 Å². The quantitative estimate of drug-likeness (QED) is 0.740. The summed E-state index contributed by atoms with van der Waals surface area (Å²) in [4.78, 5) is 4.79. The van der Waals surface area contributed by atoms with Gasteiger partial charge in [0.1, 0.15) is 0 Å². The number of aliphatic hydroxyl groups excluding tert-OH is 1. The van der Waals surface area contributed by atoms with Crippen molar-refractivity contribution in [3.8, 4) is 0 Å². The minimum absolute atomic E-state index is 0.315. The Morgan fingerprint density at radius 3 is 2.60 bits per heavy atom. The van der Waals surface area contributed by atoms with Gasteiger partial charge in [-0.3, -0.25) is 4.90 Å². The number of hydrogen-bond acceptors (Lipinski definition) is 3. The second kappa shape index (κ2) is 5.28. The van der Waals surface area contributed by atoms with Crippen molar-refractivity contribution in [1.29, 1.82) is 0 Å². The molecule has 0 spiro atoms. The first-order valence-corrected chi connectivity index (χ1v) is 5.96. The predicted molar refractivity (Wildman–Crippen MR) is 64.0 cm³/mol. The molecule has 0 amide bonds. The molecule has 1 heterocycles. The van der Waals surface area contributed by atoms with Gasteiger partial charge in [0, 0.05) is 31.8 Å². The standard InChI is InChI=1S/C12H26N2O/c1-12(2)9-11(5-8-15)10-14(12)7-6-13(3)4/h11,15H,5-10H2,1-4H3. The molecule has 15 heavy (non-hydrogen) atoms. The molecule has 1 atom stereocenters. The number of likely N-dealkylation sites (tertiary alicyclic amines) is 1. The first-order chi connectivity index (χ1) is 6.95. The Kier molecular flexibility index (Phi) is 4.56. The molecule has 1 aliphatic heterocycles. The van der Waals surface area contributed by atoms with Crippen LogP contribution in [0.4, 0.5) is 0 Å². The Hall–Kier alpha value is -0.120. The van der Waals surface area contributed by atoms with E-state index in [1.54, 1.807) is 0 Å². The summed E-state index contributed by atoms with van der Waals surface area (Å²) in [5.41, 5.74) is 0.315. The number of hydrogen-bond donors (Lipinski definition) is 1. The van der Waals surface area contributed by atoms with E-state index in [4.69, 9.17) is 5.11 Å². The van der Waals surface area contributed by atoms with E-state index < -0.39 is 0 Å². The molecule has 1 N–H and O–H groups in total. The molecular weight excluding hydrogens is 188 g/mol. The van der Waals surface area contributed by atoms with E-state index in [1.165, 1.54) is 6.42 Å². The summed E-state index contributed by atoms with van der Waals surface area (Å²) in [5, 5.41) is 8.97. The molecular formula is C12H26N2O. The van der Waals surface area contributed by atoms with E-state index in [1.807, 2.05) is 0 Å². The fourth-order valence-corrected chi connectivity index (χ4v) is 2.55. The van der Waals surface area contributed by atoms with Crippen molar-refractivity contribution in [2.75, 3.05) is 40.3 Å². The van der Waals surface area contributed by atoms with Crippen LogP contribution < -0.4 is 0 Å². The lowest BCUT2D eigenvalue weighted by Crippen LogP contribution is -2.41. The molecule has 3 nitrogen and oxygen atoms in total. The van der Waals surface area contributed by atoms with E-state index >= 15 is 0 Å². The molecule has 0 bridgehead atoms. The van der Waals surface area contributed by atoms with Gasteiger partial charge in [0.15, 0.2) is 0 Å². The van der Waals surface area contributed by atoms with E-state index in [-0.39, 0.29) is 0 Å². The van der Waals surface area contributed by atoms with Crippen molar-refractivity contribution >= 4 is 0 Å². The van der Waals surface area contributed by atoms with Crippen LogP contribution >= 0.6 is 0 Å². The highest BCUT2D eigenvalue weighted by Gasteiger charge is 2.37. The van der Waals surface area contributed by atoms with Crippen LogP contribution in [0, 0.1) is 5.92 Å². The number of aliphatic hydroxyl groups is 1. The maximum Gasteiger partial charge on any atom is 0.0434 e. The zero-order valence-corrected chi connectivity index (χ0v) is 10.7. The summed E-state index contributed by atoms with van der Waals surface area (Å²) < 4.78 is 0. The van der Waals surface area contributed by atoms with E-state index in [9.17, 15) is 0 Å². The second-order valence-corrected chi connectivity index (χ2v) is 5.64. The lowest BCUT2D eigenvalue weighted by molar-refractivity contribution is 0.159. The van der Waals surface area contributed by atoms with Crippen molar-refractivity contribution in [3.63, 3.8) is 0 Å². The summed E-state index contributed by atoms with van der Waals surface area (Å²) in [6, 6.07) is 0. The highest BCUT2D eigenvalue weighted by atomic mass is 16.3. The summed E-state index contributed by atoms with van der Waals surface area (Å²) in [5.74, 6) is 0.687. The lowest BCUT2D eigenvalue weighted by Gasteiger charge is -2.32. The van der Waals surface area contributed by atoms with Crippen LogP contribution in [-0.2, 0) is 0 Å². The fraction of sp³-hybridized carbons (Fsp3) is 1.00. The molecule has 0 aromatic rings. The number of likely N-dealkylation sites (N-methyl/N-ethyl adjacent to an activating group) is 1. The van der Waals surface area contributed by atoms with Crippen molar-refractivity contribution in [2.45, 2.75) is 32.2 Å². The molecule has 1 unspecified atom stereocenters. The average Bonchev–Trinajstić information content (AvgIpc) is 2.37. The van der Waals surface area contributed by atoms with Crippen LogP contribution in [0.3, 0.4) is 0 Å². The van der Waals surface area contributed by atoms with Gasteiger partial charge >= 0.3 is 0 Å². The zero-order chi connectivity index (χ0) is 11.5. The molecule has 0 saturated carbocycles. The summed E-state index contributed by atoms with van der Waals surface area (Å²) in [6.07, 6.45) is 2.18. The number of rotatable bonds is 5. The Labute approximate surface area is 94.1 Å². The number of nitrogens with zero attached hydrogens (tertiary/aromatic N) is 2. The largest absolute Gasteiger partial charge is 0.396 e. The van der Waals surface area contributed by atoms with Crippen LogP contribution in [0.1, 0.15) is 26.7 Å². The highest BCUT2D eigenvalue weighted by Crippen LogP contribution is 2.33. The van der Waals surface area contributed by atoms with Crippen LogP contribution in [-0.4, -0.2) is 60.8 Å². The van der Waals surface area contributed by atoms with Gasteiger partial charge in [-0.2, -0.15) is 0 Å². The molecule has 1 saturated heterocycles. The van der Waals surface area contributed by atoms with Crippen molar-refractivity contribution in [2.24, 2.45) is 5.92 Å². The minimum atomic E-state index is 0.315. The molecule has 90 valence electrons. The predicted octanol–water partition coefficient (Wildman–Crippen LogP) is 1.03. The third-order valence-corrected chi connectivity index (χ3v) is 3.48. The molecule has 1 fully saturated rings. The Bertz CT molecular complexity index is 192. The third-order valence-electron chi connectivity index (χ3n) is 3.48. The summed E-state index contributed by atoms with van der Waals surface area (Å²) >= 11 is 0. The maximum absolute atomic E-state index is 8.97. The van der Waals surface area contributed by atoms with Gasteiger partial charge in [0.25, 0.3) is 0 Å². The molecule has 1 rings (SSSR count). The van der Waals surface area contributed by atoms with Crippen molar-refractivity contribution in [3.05, 3.63) is 0 Å². The first kappa shape index (κ1) is 12.9. The third kappa shape index (κ3) is 3.74. The Morgan fingerprint density at radius 1 is 1.40 bits per heavy atom.